The van der Waals surface area contributed by atoms with Crippen molar-refractivity contribution in [3.63, 3.8) is 0 Å². The zero-order valence-electron chi connectivity index (χ0n) is 9.90. The minimum absolute atomic E-state index is 0.425. The Hall–Kier alpha value is -1.13. The first-order valence-corrected chi connectivity index (χ1v) is 6.39. The fourth-order valence-corrected chi connectivity index (χ4v) is 1.95. The molecule has 0 spiro atoms. The number of hydrogen-bond acceptors (Lipinski definition) is 3. The number of aromatic nitrogens is 1. The van der Waals surface area contributed by atoms with Gasteiger partial charge in [0.15, 0.2) is 5.76 Å². The molecule has 0 radical (unpaired) electrons. The number of nitrogens with one attached hydrogen (secondary N) is 1. The molecule has 4 heteroatoms. The van der Waals surface area contributed by atoms with Crippen molar-refractivity contribution < 1.29 is 4.42 Å². The SMILES string of the molecule is CC(C)NCc1ncc(-c2ccccc2Br)o1. The maximum Gasteiger partial charge on any atom is 0.208 e. The van der Waals surface area contributed by atoms with Crippen molar-refractivity contribution in [3.05, 3.63) is 40.8 Å². The van der Waals surface area contributed by atoms with Gasteiger partial charge in [0, 0.05) is 16.1 Å². The zero-order valence-corrected chi connectivity index (χ0v) is 11.5. The molecule has 0 aliphatic rings. The highest BCUT2D eigenvalue weighted by atomic mass is 79.9. The quantitative estimate of drug-likeness (QED) is 0.936. The summed E-state index contributed by atoms with van der Waals surface area (Å²) in [5.41, 5.74) is 1.02. The van der Waals surface area contributed by atoms with Crippen LogP contribution in [0.15, 0.2) is 39.4 Å². The third kappa shape index (κ3) is 3.17. The molecule has 1 heterocycles. The number of halogens is 1. The smallest absolute Gasteiger partial charge is 0.208 e. The van der Waals surface area contributed by atoms with E-state index in [9.17, 15) is 0 Å². The normalized spacial score (nSPS) is 11.1. The Balaban J connectivity index is 2.16. The van der Waals surface area contributed by atoms with Crippen LogP contribution >= 0.6 is 15.9 Å². The largest absolute Gasteiger partial charge is 0.439 e. The second kappa shape index (κ2) is 5.47. The Bertz CT molecular complexity index is 494. The number of benzene rings is 1. The van der Waals surface area contributed by atoms with Gasteiger partial charge in [-0.05, 0) is 6.07 Å². The van der Waals surface area contributed by atoms with E-state index in [-0.39, 0.29) is 0 Å². The van der Waals surface area contributed by atoms with Gasteiger partial charge in [-0.1, -0.05) is 48.0 Å². The number of nitrogens with zero attached hydrogens (tertiary/aromatic N) is 1. The molecule has 1 aromatic carbocycles. The van der Waals surface area contributed by atoms with Crippen LogP contribution in [-0.4, -0.2) is 11.0 Å². The van der Waals surface area contributed by atoms with Gasteiger partial charge in [0.05, 0.1) is 12.7 Å². The van der Waals surface area contributed by atoms with E-state index < -0.39 is 0 Å². The average Bonchev–Trinajstić information content (AvgIpc) is 2.75. The monoisotopic (exact) mass is 294 g/mol. The Kier molecular flexibility index (Phi) is 3.97. The summed E-state index contributed by atoms with van der Waals surface area (Å²) in [5, 5.41) is 3.27. The third-order valence-electron chi connectivity index (χ3n) is 2.35. The van der Waals surface area contributed by atoms with Crippen LogP contribution in [0.4, 0.5) is 0 Å². The Labute approximate surface area is 109 Å². The molecule has 0 saturated carbocycles. The predicted molar refractivity (Wildman–Crippen MR) is 71.6 cm³/mol. The molecule has 0 fully saturated rings. The highest BCUT2D eigenvalue weighted by molar-refractivity contribution is 9.10. The van der Waals surface area contributed by atoms with Gasteiger partial charge in [0.1, 0.15) is 0 Å². The minimum atomic E-state index is 0.425. The molecule has 0 saturated heterocycles. The standard InChI is InChI=1S/C13H15BrN2O/c1-9(2)15-8-13-16-7-12(17-13)10-5-3-4-6-11(10)14/h3-7,9,15H,8H2,1-2H3. The first-order valence-electron chi connectivity index (χ1n) is 5.60. The minimum Gasteiger partial charge on any atom is -0.439 e. The van der Waals surface area contributed by atoms with Crippen molar-refractivity contribution in [1.29, 1.82) is 0 Å². The van der Waals surface area contributed by atoms with E-state index in [0.29, 0.717) is 18.5 Å². The second-order valence-corrected chi connectivity index (χ2v) is 4.99. The van der Waals surface area contributed by atoms with Gasteiger partial charge in [-0.25, -0.2) is 4.98 Å². The fraction of sp³-hybridized carbons (Fsp3) is 0.308. The molecule has 0 unspecified atom stereocenters. The highest BCUT2D eigenvalue weighted by Gasteiger charge is 2.08. The van der Waals surface area contributed by atoms with E-state index in [0.717, 1.165) is 15.8 Å². The van der Waals surface area contributed by atoms with Crippen molar-refractivity contribution in [2.24, 2.45) is 0 Å². The van der Waals surface area contributed by atoms with Gasteiger partial charge in [0.2, 0.25) is 5.89 Å². The summed E-state index contributed by atoms with van der Waals surface area (Å²) in [6.45, 7) is 4.84. The van der Waals surface area contributed by atoms with E-state index in [1.165, 1.54) is 0 Å². The molecule has 2 aromatic rings. The van der Waals surface area contributed by atoms with E-state index >= 15 is 0 Å². The van der Waals surface area contributed by atoms with Crippen LogP contribution in [0, 0.1) is 0 Å². The molecule has 0 amide bonds. The van der Waals surface area contributed by atoms with Crippen molar-refractivity contribution in [2.75, 3.05) is 0 Å². The molecule has 17 heavy (non-hydrogen) atoms. The molecular weight excluding hydrogens is 280 g/mol. The van der Waals surface area contributed by atoms with Crippen LogP contribution in [-0.2, 0) is 6.54 Å². The molecule has 90 valence electrons. The van der Waals surface area contributed by atoms with Gasteiger partial charge in [-0.2, -0.15) is 0 Å². The average molecular weight is 295 g/mol. The van der Waals surface area contributed by atoms with E-state index in [4.69, 9.17) is 4.42 Å². The van der Waals surface area contributed by atoms with Crippen molar-refractivity contribution in [2.45, 2.75) is 26.4 Å². The first kappa shape index (κ1) is 12.3. The topological polar surface area (TPSA) is 38.1 Å². The van der Waals surface area contributed by atoms with Crippen LogP contribution in [0.3, 0.4) is 0 Å². The maximum absolute atomic E-state index is 5.70. The molecule has 0 bridgehead atoms. The number of rotatable bonds is 4. The maximum atomic E-state index is 5.70. The lowest BCUT2D eigenvalue weighted by atomic mass is 10.2. The molecule has 0 atom stereocenters. The van der Waals surface area contributed by atoms with Crippen molar-refractivity contribution in [3.8, 4) is 11.3 Å². The van der Waals surface area contributed by atoms with Crippen LogP contribution < -0.4 is 5.32 Å². The highest BCUT2D eigenvalue weighted by Crippen LogP contribution is 2.28. The predicted octanol–water partition coefficient (Wildman–Crippen LogP) is 3.60. The van der Waals surface area contributed by atoms with Crippen molar-refractivity contribution >= 4 is 15.9 Å². The number of hydrogen-bond donors (Lipinski definition) is 1. The van der Waals surface area contributed by atoms with Crippen molar-refractivity contribution in [1.82, 2.24) is 10.3 Å². The first-order chi connectivity index (χ1) is 8.16. The lowest BCUT2D eigenvalue weighted by molar-refractivity contribution is 0.459. The summed E-state index contributed by atoms with van der Waals surface area (Å²) >= 11 is 3.50. The molecule has 0 aliphatic heterocycles. The Morgan fingerprint density at radius 1 is 1.35 bits per heavy atom. The van der Waals surface area contributed by atoms with Gasteiger partial charge < -0.3 is 9.73 Å². The van der Waals surface area contributed by atoms with Crippen LogP contribution in [0.1, 0.15) is 19.7 Å². The summed E-state index contributed by atoms with van der Waals surface area (Å²) in [4.78, 5) is 4.26. The van der Waals surface area contributed by atoms with E-state index in [2.05, 4.69) is 40.1 Å². The Morgan fingerprint density at radius 2 is 2.12 bits per heavy atom. The lowest BCUT2D eigenvalue weighted by Crippen LogP contribution is -2.21. The zero-order chi connectivity index (χ0) is 12.3. The van der Waals surface area contributed by atoms with Crippen LogP contribution in [0.5, 0.6) is 0 Å². The van der Waals surface area contributed by atoms with Crippen LogP contribution in [0.2, 0.25) is 0 Å². The summed E-state index contributed by atoms with van der Waals surface area (Å²) < 4.78 is 6.71. The fourth-order valence-electron chi connectivity index (χ4n) is 1.47. The molecule has 2 rings (SSSR count). The molecule has 0 aliphatic carbocycles. The van der Waals surface area contributed by atoms with Crippen LogP contribution in [0.25, 0.3) is 11.3 Å². The molecule has 1 N–H and O–H groups in total. The number of oxazole rings is 1. The third-order valence-corrected chi connectivity index (χ3v) is 3.05. The van der Waals surface area contributed by atoms with E-state index in [1.807, 2.05) is 24.3 Å². The van der Waals surface area contributed by atoms with E-state index in [1.54, 1.807) is 6.20 Å². The van der Waals surface area contributed by atoms with Gasteiger partial charge in [-0.3, -0.25) is 0 Å². The molecular formula is C13H15BrN2O. The summed E-state index contributed by atoms with van der Waals surface area (Å²) in [6.07, 6.45) is 1.76. The Morgan fingerprint density at radius 3 is 2.82 bits per heavy atom. The molecule has 3 nitrogen and oxygen atoms in total. The summed E-state index contributed by atoms with van der Waals surface area (Å²) in [6, 6.07) is 8.38. The second-order valence-electron chi connectivity index (χ2n) is 4.13. The summed E-state index contributed by atoms with van der Waals surface area (Å²) in [7, 11) is 0. The summed E-state index contributed by atoms with van der Waals surface area (Å²) in [5.74, 6) is 1.50. The lowest BCUT2D eigenvalue weighted by Gasteiger charge is -2.04. The van der Waals surface area contributed by atoms with Gasteiger partial charge >= 0.3 is 0 Å². The van der Waals surface area contributed by atoms with Gasteiger partial charge in [-0.15, -0.1) is 0 Å². The molecule has 1 aromatic heterocycles. The van der Waals surface area contributed by atoms with Gasteiger partial charge in [0.25, 0.3) is 0 Å².